The monoisotopic (exact) mass is 354 g/mol. The molecule has 2 aromatic rings. The van der Waals surface area contributed by atoms with Crippen molar-refractivity contribution < 1.29 is 14.3 Å². The van der Waals surface area contributed by atoms with Crippen molar-refractivity contribution in [2.45, 2.75) is 47.6 Å². The number of Topliss-reactive ketones (excluding diaryl/α,β-unsaturated/α-hetero) is 1. The third kappa shape index (κ3) is 4.10. The molecule has 1 heterocycles. The van der Waals surface area contributed by atoms with Crippen molar-refractivity contribution >= 4 is 17.8 Å². The van der Waals surface area contributed by atoms with Crippen LogP contribution in [0.3, 0.4) is 0 Å². The minimum absolute atomic E-state index is 0.193. The zero-order chi connectivity index (χ0) is 19.6. The van der Waals surface area contributed by atoms with Crippen LogP contribution in [-0.4, -0.2) is 27.6 Å². The van der Waals surface area contributed by atoms with Crippen LogP contribution >= 0.6 is 0 Å². The number of rotatable bonds is 5. The van der Waals surface area contributed by atoms with Gasteiger partial charge in [-0.2, -0.15) is 5.10 Å². The number of nitrogens with zero attached hydrogens (tertiary/aromatic N) is 2. The average molecular weight is 354 g/mol. The first-order chi connectivity index (χ1) is 12.1. The number of aryl methyl sites for hydroxylation is 5. The summed E-state index contributed by atoms with van der Waals surface area (Å²) < 4.78 is 7.06. The second-order valence-corrected chi connectivity index (χ2v) is 6.74. The van der Waals surface area contributed by atoms with Gasteiger partial charge in [-0.15, -0.1) is 0 Å². The molecule has 1 aromatic heterocycles. The predicted octanol–water partition coefficient (Wildman–Crippen LogP) is 3.79. The summed E-state index contributed by atoms with van der Waals surface area (Å²) in [6.07, 6.45) is 2.18. The summed E-state index contributed by atoms with van der Waals surface area (Å²) in [5, 5.41) is 4.30. The quantitative estimate of drug-likeness (QED) is 0.466. The molecule has 0 saturated carbocycles. The Hall–Kier alpha value is -2.69. The molecule has 0 aliphatic rings. The molecule has 0 N–H and O–H groups in total. The third-order valence-electron chi connectivity index (χ3n) is 4.72. The van der Waals surface area contributed by atoms with Crippen molar-refractivity contribution in [3.8, 4) is 0 Å². The molecule has 0 saturated heterocycles. The summed E-state index contributed by atoms with van der Waals surface area (Å²) in [4.78, 5) is 24.7. The highest BCUT2D eigenvalue weighted by atomic mass is 16.5. The summed E-state index contributed by atoms with van der Waals surface area (Å²) in [5.74, 6) is -0.740. The number of benzene rings is 1. The standard InChI is InChI=1S/C21H26N2O3/c1-12-10-14(3)19(11-13(12)2)21(25)17(6)26-20(24)9-8-18-15(4)22-23(7)16(18)5/h8-11,17H,1-7H3/b9-8+/t17-/m1/s1. The van der Waals surface area contributed by atoms with E-state index in [1.165, 1.54) is 6.08 Å². The molecule has 0 bridgehead atoms. The molecule has 26 heavy (non-hydrogen) atoms. The lowest BCUT2D eigenvalue weighted by Gasteiger charge is -2.14. The first-order valence-corrected chi connectivity index (χ1v) is 8.62. The number of esters is 1. The van der Waals surface area contributed by atoms with Gasteiger partial charge in [0.1, 0.15) is 0 Å². The maximum atomic E-state index is 12.6. The fraction of sp³-hybridized carbons (Fsp3) is 0.381. The molecule has 1 aromatic carbocycles. The van der Waals surface area contributed by atoms with Crippen LogP contribution < -0.4 is 0 Å². The van der Waals surface area contributed by atoms with Crippen LogP contribution in [0.5, 0.6) is 0 Å². The predicted molar refractivity (Wildman–Crippen MR) is 102 cm³/mol. The second-order valence-electron chi connectivity index (χ2n) is 6.74. The normalized spacial score (nSPS) is 12.4. The molecule has 0 aliphatic heterocycles. The van der Waals surface area contributed by atoms with Gasteiger partial charge in [-0.1, -0.05) is 6.07 Å². The van der Waals surface area contributed by atoms with E-state index in [0.29, 0.717) is 5.56 Å². The summed E-state index contributed by atoms with van der Waals surface area (Å²) in [6, 6.07) is 3.83. The highest BCUT2D eigenvalue weighted by Gasteiger charge is 2.21. The van der Waals surface area contributed by atoms with Crippen molar-refractivity contribution in [3.63, 3.8) is 0 Å². The number of ketones is 1. The lowest BCUT2D eigenvalue weighted by molar-refractivity contribution is -0.140. The second kappa shape index (κ2) is 7.68. The highest BCUT2D eigenvalue weighted by molar-refractivity contribution is 6.02. The number of hydrogen-bond donors (Lipinski definition) is 0. The van der Waals surface area contributed by atoms with Crippen LogP contribution in [0.2, 0.25) is 0 Å². The van der Waals surface area contributed by atoms with Crippen molar-refractivity contribution in [1.82, 2.24) is 9.78 Å². The van der Waals surface area contributed by atoms with Crippen LogP contribution in [0, 0.1) is 34.6 Å². The molecule has 0 aliphatic carbocycles. The van der Waals surface area contributed by atoms with Crippen molar-refractivity contribution in [2.75, 3.05) is 0 Å². The molecule has 2 rings (SSSR count). The van der Waals surface area contributed by atoms with Gasteiger partial charge in [0.15, 0.2) is 6.10 Å². The van der Waals surface area contributed by atoms with E-state index in [4.69, 9.17) is 4.74 Å². The van der Waals surface area contributed by atoms with Crippen molar-refractivity contribution in [1.29, 1.82) is 0 Å². The van der Waals surface area contributed by atoms with Gasteiger partial charge < -0.3 is 4.74 Å². The van der Waals surface area contributed by atoms with Crippen LogP contribution in [0.1, 0.15) is 50.9 Å². The third-order valence-corrected chi connectivity index (χ3v) is 4.72. The van der Waals surface area contributed by atoms with Crippen molar-refractivity contribution in [3.05, 3.63) is 57.4 Å². The van der Waals surface area contributed by atoms with Gasteiger partial charge in [0.2, 0.25) is 5.78 Å². The van der Waals surface area contributed by atoms with Gasteiger partial charge in [0.25, 0.3) is 0 Å². The molecule has 138 valence electrons. The topological polar surface area (TPSA) is 61.2 Å². The maximum absolute atomic E-state index is 12.6. The zero-order valence-electron chi connectivity index (χ0n) is 16.5. The lowest BCUT2D eigenvalue weighted by Crippen LogP contribution is -2.24. The van der Waals surface area contributed by atoms with Crippen LogP contribution in [-0.2, 0) is 16.6 Å². The number of ether oxygens (including phenoxy) is 1. The Morgan fingerprint density at radius 1 is 1.08 bits per heavy atom. The Morgan fingerprint density at radius 3 is 2.27 bits per heavy atom. The van der Waals surface area contributed by atoms with Gasteiger partial charge in [-0.25, -0.2) is 4.79 Å². The van der Waals surface area contributed by atoms with E-state index >= 15 is 0 Å². The molecule has 0 fully saturated rings. The van der Waals surface area contributed by atoms with E-state index in [1.54, 1.807) is 17.7 Å². The van der Waals surface area contributed by atoms with Crippen molar-refractivity contribution in [2.24, 2.45) is 7.05 Å². The molecule has 5 heteroatoms. The van der Waals surface area contributed by atoms with Gasteiger partial charge in [-0.05, 0) is 70.4 Å². The molecular formula is C21H26N2O3. The summed E-state index contributed by atoms with van der Waals surface area (Å²) in [6.45, 7) is 11.3. The number of aromatic nitrogens is 2. The Kier molecular flexibility index (Phi) is 5.80. The number of carbonyl (C=O) groups excluding carboxylic acids is 2. The Labute approximate surface area is 154 Å². The van der Waals surface area contributed by atoms with E-state index in [-0.39, 0.29) is 5.78 Å². The smallest absolute Gasteiger partial charge is 0.331 e. The van der Waals surface area contributed by atoms with E-state index in [9.17, 15) is 9.59 Å². The Balaban J connectivity index is 2.10. The number of carbonyl (C=O) groups is 2. The van der Waals surface area contributed by atoms with Crippen LogP contribution in [0.25, 0.3) is 6.08 Å². The summed E-state index contributed by atoms with van der Waals surface area (Å²) >= 11 is 0. The van der Waals surface area contributed by atoms with E-state index in [2.05, 4.69) is 5.10 Å². The molecular weight excluding hydrogens is 328 g/mol. The molecule has 0 unspecified atom stereocenters. The lowest BCUT2D eigenvalue weighted by atomic mass is 9.96. The molecule has 1 atom stereocenters. The maximum Gasteiger partial charge on any atom is 0.331 e. The van der Waals surface area contributed by atoms with Gasteiger partial charge in [-0.3, -0.25) is 9.48 Å². The highest BCUT2D eigenvalue weighted by Crippen LogP contribution is 2.18. The molecule has 0 amide bonds. The average Bonchev–Trinajstić information content (AvgIpc) is 2.80. The first kappa shape index (κ1) is 19.6. The fourth-order valence-electron chi connectivity index (χ4n) is 2.89. The van der Waals surface area contributed by atoms with Gasteiger partial charge >= 0.3 is 5.97 Å². The minimum atomic E-state index is -0.843. The van der Waals surface area contributed by atoms with Gasteiger partial charge in [0, 0.05) is 29.9 Å². The SMILES string of the molecule is Cc1cc(C)c(C(=O)[C@@H](C)OC(=O)/C=C/c2c(C)nn(C)c2C)cc1C. The van der Waals surface area contributed by atoms with E-state index in [0.717, 1.165) is 33.6 Å². The molecule has 5 nitrogen and oxygen atoms in total. The van der Waals surface area contributed by atoms with Gasteiger partial charge in [0.05, 0.1) is 5.69 Å². The van der Waals surface area contributed by atoms with Crippen LogP contribution in [0.15, 0.2) is 18.2 Å². The Bertz CT molecular complexity index is 891. The number of hydrogen-bond acceptors (Lipinski definition) is 4. The van der Waals surface area contributed by atoms with E-state index in [1.807, 2.05) is 53.8 Å². The Morgan fingerprint density at radius 2 is 1.69 bits per heavy atom. The molecule has 0 radical (unpaired) electrons. The zero-order valence-corrected chi connectivity index (χ0v) is 16.5. The fourth-order valence-corrected chi connectivity index (χ4v) is 2.89. The largest absolute Gasteiger partial charge is 0.451 e. The minimum Gasteiger partial charge on any atom is -0.451 e. The van der Waals surface area contributed by atoms with Crippen LogP contribution in [0.4, 0.5) is 0 Å². The summed E-state index contributed by atoms with van der Waals surface area (Å²) in [7, 11) is 1.85. The van der Waals surface area contributed by atoms with E-state index < -0.39 is 12.1 Å². The summed E-state index contributed by atoms with van der Waals surface area (Å²) in [5.41, 5.74) is 6.34. The molecule has 0 spiro atoms. The first-order valence-electron chi connectivity index (χ1n) is 8.62.